The van der Waals surface area contributed by atoms with E-state index < -0.39 is 5.41 Å². The van der Waals surface area contributed by atoms with Crippen LogP contribution in [0.2, 0.25) is 0 Å². The van der Waals surface area contributed by atoms with E-state index in [4.69, 9.17) is 0 Å². The molecule has 0 radical (unpaired) electrons. The molecule has 0 fully saturated rings. The summed E-state index contributed by atoms with van der Waals surface area (Å²) >= 11 is 0. The molecule has 0 bridgehead atoms. The minimum atomic E-state index is -0.558. The molecule has 0 heterocycles. The molecule has 2 rings (SSSR count). The average molecular weight is 281 g/mol. The first-order valence-electron chi connectivity index (χ1n) is 7.41. The van der Waals surface area contributed by atoms with Gasteiger partial charge < -0.3 is 5.32 Å². The van der Waals surface area contributed by atoms with E-state index in [1.54, 1.807) is 0 Å². The molecule has 0 spiro atoms. The second-order valence-electron chi connectivity index (χ2n) is 6.00. The second kappa shape index (κ2) is 6.13. The highest BCUT2D eigenvalue weighted by molar-refractivity contribution is 5.98. The lowest BCUT2D eigenvalue weighted by Gasteiger charge is -2.24. The first-order chi connectivity index (χ1) is 9.93. The van der Waals surface area contributed by atoms with Crippen molar-refractivity contribution in [1.29, 1.82) is 0 Å². The van der Waals surface area contributed by atoms with Crippen LogP contribution in [0.15, 0.2) is 48.5 Å². The summed E-state index contributed by atoms with van der Waals surface area (Å²) in [5.74, 6) is 0.00982. The zero-order chi connectivity index (χ0) is 15.5. The molecule has 0 saturated carbocycles. The number of aryl methyl sites for hydroxylation is 2. The van der Waals surface area contributed by atoms with Gasteiger partial charge in [-0.25, -0.2) is 0 Å². The Morgan fingerprint density at radius 3 is 2.10 bits per heavy atom. The molecule has 0 aliphatic carbocycles. The monoisotopic (exact) mass is 281 g/mol. The number of benzene rings is 2. The molecular formula is C19H23NO. The van der Waals surface area contributed by atoms with E-state index in [0.717, 1.165) is 17.7 Å². The Balaban J connectivity index is 2.15. The third kappa shape index (κ3) is 3.52. The maximum Gasteiger partial charge on any atom is 0.234 e. The van der Waals surface area contributed by atoms with E-state index in [-0.39, 0.29) is 5.91 Å². The number of carbonyl (C=O) groups is 1. The van der Waals surface area contributed by atoms with Crippen molar-refractivity contribution in [3.63, 3.8) is 0 Å². The van der Waals surface area contributed by atoms with Gasteiger partial charge in [-0.2, -0.15) is 0 Å². The predicted molar refractivity (Wildman–Crippen MR) is 88.7 cm³/mol. The highest BCUT2D eigenvalue weighted by atomic mass is 16.2. The number of amides is 1. The molecule has 0 atom stereocenters. The van der Waals surface area contributed by atoms with Crippen molar-refractivity contribution in [2.45, 2.75) is 39.5 Å². The number of rotatable bonds is 4. The third-order valence-corrected chi connectivity index (χ3v) is 3.96. The maximum absolute atomic E-state index is 12.6. The van der Waals surface area contributed by atoms with Crippen molar-refractivity contribution in [2.75, 3.05) is 5.32 Å². The van der Waals surface area contributed by atoms with E-state index in [0.29, 0.717) is 0 Å². The van der Waals surface area contributed by atoms with Crippen LogP contribution in [-0.4, -0.2) is 5.91 Å². The molecule has 2 heteroatoms. The molecule has 0 aliphatic rings. The molecule has 21 heavy (non-hydrogen) atoms. The fourth-order valence-corrected chi connectivity index (χ4v) is 2.21. The lowest BCUT2D eigenvalue weighted by molar-refractivity contribution is -0.120. The normalized spacial score (nSPS) is 11.2. The highest BCUT2D eigenvalue weighted by Gasteiger charge is 2.29. The Morgan fingerprint density at radius 2 is 1.57 bits per heavy atom. The van der Waals surface area contributed by atoms with Gasteiger partial charge in [0, 0.05) is 5.69 Å². The molecule has 1 amide bonds. The average Bonchev–Trinajstić information content (AvgIpc) is 2.48. The quantitative estimate of drug-likeness (QED) is 0.880. The largest absolute Gasteiger partial charge is 0.325 e. The summed E-state index contributed by atoms with van der Waals surface area (Å²) in [6.07, 6.45) is 1.00. The summed E-state index contributed by atoms with van der Waals surface area (Å²) in [4.78, 5) is 12.6. The molecular weight excluding hydrogens is 258 g/mol. The van der Waals surface area contributed by atoms with Crippen LogP contribution in [0.1, 0.15) is 37.5 Å². The van der Waals surface area contributed by atoms with Gasteiger partial charge in [0.1, 0.15) is 0 Å². The molecule has 110 valence electrons. The Bertz CT molecular complexity index is 609. The number of hydrogen-bond donors (Lipinski definition) is 1. The summed E-state index contributed by atoms with van der Waals surface area (Å²) in [6, 6.07) is 16.2. The summed E-state index contributed by atoms with van der Waals surface area (Å²) in [7, 11) is 0. The first kappa shape index (κ1) is 15.3. The molecule has 2 aromatic carbocycles. The molecule has 2 nitrogen and oxygen atoms in total. The van der Waals surface area contributed by atoms with Gasteiger partial charge in [0.2, 0.25) is 5.91 Å². The SMILES string of the molecule is CCc1ccc(NC(=O)C(C)(C)c2ccc(C)cc2)cc1. The van der Waals surface area contributed by atoms with Gasteiger partial charge in [-0.05, 0) is 50.5 Å². The zero-order valence-electron chi connectivity index (χ0n) is 13.2. The zero-order valence-corrected chi connectivity index (χ0v) is 13.2. The van der Waals surface area contributed by atoms with E-state index in [1.165, 1.54) is 11.1 Å². The van der Waals surface area contributed by atoms with Crippen LogP contribution in [0.5, 0.6) is 0 Å². The standard InChI is InChI=1S/C19H23NO/c1-5-15-8-12-17(13-9-15)20-18(21)19(3,4)16-10-6-14(2)7-11-16/h6-13H,5H2,1-4H3,(H,20,21). The van der Waals surface area contributed by atoms with Crippen LogP contribution >= 0.6 is 0 Å². The van der Waals surface area contributed by atoms with Gasteiger partial charge in [0.05, 0.1) is 5.41 Å². The van der Waals surface area contributed by atoms with Crippen molar-refractivity contribution < 1.29 is 4.79 Å². The maximum atomic E-state index is 12.6. The first-order valence-corrected chi connectivity index (χ1v) is 7.41. The Labute approximate surface area is 127 Å². The second-order valence-corrected chi connectivity index (χ2v) is 6.00. The van der Waals surface area contributed by atoms with Gasteiger partial charge in [-0.1, -0.05) is 48.9 Å². The fourth-order valence-electron chi connectivity index (χ4n) is 2.21. The number of carbonyl (C=O) groups excluding carboxylic acids is 1. The number of anilines is 1. The third-order valence-electron chi connectivity index (χ3n) is 3.96. The summed E-state index contributed by atoms with van der Waals surface area (Å²) < 4.78 is 0. The van der Waals surface area contributed by atoms with Gasteiger partial charge in [0.15, 0.2) is 0 Å². The van der Waals surface area contributed by atoms with Crippen molar-refractivity contribution in [1.82, 2.24) is 0 Å². The Hall–Kier alpha value is -2.09. The predicted octanol–water partition coefficient (Wildman–Crippen LogP) is 4.47. The fraction of sp³-hybridized carbons (Fsp3) is 0.316. The summed E-state index contributed by atoms with van der Waals surface area (Å²) in [5.41, 5.74) is 3.78. The van der Waals surface area contributed by atoms with Gasteiger partial charge in [-0.15, -0.1) is 0 Å². The van der Waals surface area contributed by atoms with Crippen LogP contribution in [0.25, 0.3) is 0 Å². The van der Waals surface area contributed by atoms with E-state index in [1.807, 2.05) is 57.2 Å². The smallest absolute Gasteiger partial charge is 0.234 e. The van der Waals surface area contributed by atoms with Gasteiger partial charge in [-0.3, -0.25) is 4.79 Å². The van der Waals surface area contributed by atoms with Crippen molar-refractivity contribution in [3.05, 3.63) is 65.2 Å². The van der Waals surface area contributed by atoms with Crippen LogP contribution < -0.4 is 5.32 Å². The van der Waals surface area contributed by atoms with Crippen LogP contribution in [0, 0.1) is 6.92 Å². The summed E-state index contributed by atoms with van der Waals surface area (Å²) in [6.45, 7) is 8.07. The lowest BCUT2D eigenvalue weighted by Crippen LogP contribution is -2.34. The number of hydrogen-bond acceptors (Lipinski definition) is 1. The van der Waals surface area contributed by atoms with Crippen LogP contribution in [-0.2, 0) is 16.6 Å². The molecule has 0 aromatic heterocycles. The topological polar surface area (TPSA) is 29.1 Å². The van der Waals surface area contributed by atoms with Gasteiger partial charge in [0.25, 0.3) is 0 Å². The van der Waals surface area contributed by atoms with E-state index in [2.05, 4.69) is 24.4 Å². The molecule has 0 unspecified atom stereocenters. The Kier molecular flexibility index (Phi) is 4.46. The Morgan fingerprint density at radius 1 is 1.00 bits per heavy atom. The highest BCUT2D eigenvalue weighted by Crippen LogP contribution is 2.25. The molecule has 2 aromatic rings. The molecule has 0 aliphatic heterocycles. The van der Waals surface area contributed by atoms with Gasteiger partial charge >= 0.3 is 0 Å². The molecule has 0 saturated heterocycles. The van der Waals surface area contributed by atoms with Crippen LogP contribution in [0.3, 0.4) is 0 Å². The minimum absolute atomic E-state index is 0.00982. The lowest BCUT2D eigenvalue weighted by atomic mass is 9.83. The molecule has 1 N–H and O–H groups in total. The summed E-state index contributed by atoms with van der Waals surface area (Å²) in [5, 5.41) is 3.01. The number of nitrogens with one attached hydrogen (secondary N) is 1. The van der Waals surface area contributed by atoms with E-state index in [9.17, 15) is 4.79 Å². The minimum Gasteiger partial charge on any atom is -0.325 e. The van der Waals surface area contributed by atoms with E-state index >= 15 is 0 Å². The van der Waals surface area contributed by atoms with Crippen molar-refractivity contribution in [2.24, 2.45) is 0 Å². The van der Waals surface area contributed by atoms with Crippen molar-refractivity contribution >= 4 is 11.6 Å². The van der Waals surface area contributed by atoms with Crippen LogP contribution in [0.4, 0.5) is 5.69 Å². The van der Waals surface area contributed by atoms with Crippen molar-refractivity contribution in [3.8, 4) is 0 Å².